The molecule has 1 amide bonds. The number of hydrogen-bond acceptors (Lipinski definition) is 10. The molecule has 13 heteroatoms. The lowest BCUT2D eigenvalue weighted by atomic mass is 9.91. The molecule has 0 saturated carbocycles. The molecule has 1 saturated heterocycles. The van der Waals surface area contributed by atoms with Gasteiger partial charge in [0.05, 0.1) is 42.4 Å². The fourth-order valence-corrected chi connectivity index (χ4v) is 4.66. The predicted molar refractivity (Wildman–Crippen MR) is 157 cm³/mol. The second-order valence-corrected chi connectivity index (χ2v) is 11.1. The highest BCUT2D eigenvalue weighted by molar-refractivity contribution is 5.82. The smallest absolute Gasteiger partial charge is 0.230 e. The zero-order valence-corrected chi connectivity index (χ0v) is 24.3. The molecule has 0 spiro atoms. The molecule has 2 aromatic heterocycles. The zero-order chi connectivity index (χ0) is 29.5. The van der Waals surface area contributed by atoms with Crippen molar-refractivity contribution in [2.45, 2.75) is 19.6 Å². The highest BCUT2D eigenvalue weighted by atomic mass is 19.1. The van der Waals surface area contributed by atoms with Crippen LogP contribution in [-0.4, -0.2) is 109 Å². The van der Waals surface area contributed by atoms with Gasteiger partial charge in [0.25, 0.3) is 0 Å². The fourth-order valence-electron chi connectivity index (χ4n) is 4.66. The number of aromatic nitrogens is 4. The first-order valence-corrected chi connectivity index (χ1v) is 14.1. The van der Waals surface area contributed by atoms with Crippen LogP contribution >= 0.6 is 0 Å². The van der Waals surface area contributed by atoms with Crippen LogP contribution in [0.15, 0.2) is 41.5 Å². The first-order valence-electron chi connectivity index (χ1n) is 14.1. The first-order chi connectivity index (χ1) is 20.3. The molecule has 42 heavy (non-hydrogen) atoms. The van der Waals surface area contributed by atoms with Crippen molar-refractivity contribution in [2.75, 3.05) is 72.0 Å². The van der Waals surface area contributed by atoms with Gasteiger partial charge >= 0.3 is 0 Å². The van der Waals surface area contributed by atoms with Gasteiger partial charge in [0, 0.05) is 50.7 Å². The molecular formula is C29H38FN9O3. The first kappa shape index (κ1) is 29.7. The second kappa shape index (κ2) is 13.5. The van der Waals surface area contributed by atoms with E-state index in [9.17, 15) is 9.18 Å². The third-order valence-corrected chi connectivity index (χ3v) is 7.16. The molecular weight excluding hydrogens is 541 g/mol. The molecule has 0 aliphatic carbocycles. The van der Waals surface area contributed by atoms with Crippen LogP contribution < -0.4 is 10.6 Å². The number of imidazole rings is 1. The van der Waals surface area contributed by atoms with Crippen molar-refractivity contribution in [3.63, 3.8) is 0 Å². The Kier molecular flexibility index (Phi) is 9.52. The van der Waals surface area contributed by atoms with Gasteiger partial charge in [0.2, 0.25) is 18.1 Å². The maximum Gasteiger partial charge on any atom is 0.230 e. The number of nitrogens with one attached hydrogen (secondary N) is 3. The number of rotatable bonds is 12. The molecule has 224 valence electrons. The number of ether oxygens (including phenoxy) is 2. The third-order valence-electron chi connectivity index (χ3n) is 7.16. The Bertz CT molecular complexity index is 1360. The maximum atomic E-state index is 13.7. The van der Waals surface area contributed by atoms with Gasteiger partial charge in [-0.3, -0.25) is 14.7 Å². The number of halogens is 1. The largest absolute Gasteiger partial charge is 0.354 e. The van der Waals surface area contributed by atoms with Gasteiger partial charge < -0.3 is 30.0 Å². The summed E-state index contributed by atoms with van der Waals surface area (Å²) in [6.45, 7) is 6.71. The van der Waals surface area contributed by atoms with Crippen LogP contribution in [0.2, 0.25) is 0 Å². The molecule has 2 aliphatic rings. The average Bonchev–Trinajstić information content (AvgIpc) is 3.67. The summed E-state index contributed by atoms with van der Waals surface area (Å²) in [5.74, 6) is 0.463. The predicted octanol–water partition coefficient (Wildman–Crippen LogP) is 2.55. The average molecular weight is 580 g/mol. The van der Waals surface area contributed by atoms with Crippen LogP contribution in [0.1, 0.15) is 25.5 Å². The quantitative estimate of drug-likeness (QED) is 0.277. The Morgan fingerprint density at radius 3 is 2.67 bits per heavy atom. The number of anilines is 1. The van der Waals surface area contributed by atoms with E-state index in [0.717, 1.165) is 32.7 Å². The van der Waals surface area contributed by atoms with Crippen molar-refractivity contribution < 1.29 is 18.7 Å². The molecule has 0 atom stereocenters. The summed E-state index contributed by atoms with van der Waals surface area (Å²) in [5, 5.41) is 6.25. The van der Waals surface area contributed by atoms with Crippen molar-refractivity contribution in [1.29, 1.82) is 0 Å². The van der Waals surface area contributed by atoms with Gasteiger partial charge in [-0.25, -0.2) is 19.3 Å². The van der Waals surface area contributed by atoms with E-state index in [-0.39, 0.29) is 24.9 Å². The Hall–Kier alpha value is -3.78. The number of likely N-dealkylation sites (N-methyl/N-ethyl adjacent to an activating group) is 1. The van der Waals surface area contributed by atoms with E-state index in [1.165, 1.54) is 12.1 Å². The van der Waals surface area contributed by atoms with Crippen molar-refractivity contribution >= 4 is 18.1 Å². The van der Waals surface area contributed by atoms with Crippen molar-refractivity contribution in [2.24, 2.45) is 10.4 Å². The standard InChI is InChI=1S/C29H38FN9O3/c1-29(27(40)32-13-15-38(2)3)17-41-26(42-18-29)25-36-23(20-5-7-21(30)8-6-20)24(37-25)22-9-11-34-28(35-22)33-10-4-14-39-16-12-31-19-39/h5-9,11-12,26H,4,10,13-19H2,1-3H3,(H,32,40)(H,36,37)(H,33,34,35). The number of hydrogen-bond donors (Lipinski definition) is 3. The van der Waals surface area contributed by atoms with Crippen LogP contribution in [-0.2, 0) is 14.3 Å². The normalized spacial score (nSPS) is 20.7. The minimum absolute atomic E-state index is 0.121. The van der Waals surface area contributed by atoms with E-state index in [2.05, 4.69) is 30.5 Å². The van der Waals surface area contributed by atoms with Gasteiger partial charge in [-0.2, -0.15) is 0 Å². The summed E-state index contributed by atoms with van der Waals surface area (Å²) < 4.78 is 25.8. The number of carbonyl (C=O) groups excluding carboxylic acids is 1. The fraction of sp³-hybridized carbons (Fsp3) is 0.483. The molecule has 0 bridgehead atoms. The lowest BCUT2D eigenvalue weighted by Gasteiger charge is -2.35. The number of H-pyrrole nitrogens is 1. The summed E-state index contributed by atoms with van der Waals surface area (Å²) in [4.78, 5) is 38.5. The molecule has 0 radical (unpaired) electrons. The minimum Gasteiger partial charge on any atom is -0.354 e. The molecule has 2 aliphatic heterocycles. The number of amides is 1. The molecule has 5 rings (SSSR count). The number of nitrogens with zero attached hydrogens (tertiary/aromatic N) is 6. The van der Waals surface area contributed by atoms with Crippen molar-refractivity contribution in [1.82, 2.24) is 35.1 Å². The second-order valence-electron chi connectivity index (χ2n) is 11.1. The van der Waals surface area contributed by atoms with Crippen LogP contribution in [0, 0.1) is 11.2 Å². The van der Waals surface area contributed by atoms with Gasteiger partial charge in [-0.15, -0.1) is 0 Å². The topological polar surface area (TPSA) is 133 Å². The van der Waals surface area contributed by atoms with Crippen LogP contribution in [0.25, 0.3) is 22.6 Å². The summed E-state index contributed by atoms with van der Waals surface area (Å²) in [5.41, 5.74) is 1.69. The zero-order valence-electron chi connectivity index (χ0n) is 24.3. The lowest BCUT2D eigenvalue weighted by Crippen LogP contribution is -2.49. The minimum atomic E-state index is -0.826. The van der Waals surface area contributed by atoms with Crippen LogP contribution in [0.4, 0.5) is 10.3 Å². The Morgan fingerprint density at radius 1 is 1.17 bits per heavy atom. The van der Waals surface area contributed by atoms with Gasteiger partial charge in [-0.05, 0) is 57.8 Å². The monoisotopic (exact) mass is 579 g/mol. The molecule has 1 aromatic carbocycles. The van der Waals surface area contributed by atoms with E-state index in [1.54, 1.807) is 24.4 Å². The van der Waals surface area contributed by atoms with E-state index >= 15 is 0 Å². The van der Waals surface area contributed by atoms with Crippen molar-refractivity contribution in [3.05, 3.63) is 48.2 Å². The van der Waals surface area contributed by atoms with E-state index in [4.69, 9.17) is 19.4 Å². The van der Waals surface area contributed by atoms with Crippen LogP contribution in [0.3, 0.4) is 0 Å². The molecule has 1 fully saturated rings. The Balaban J connectivity index is 1.30. The summed E-state index contributed by atoms with van der Waals surface area (Å²) >= 11 is 0. The summed E-state index contributed by atoms with van der Waals surface area (Å²) in [7, 11) is 3.91. The molecule has 3 N–H and O–H groups in total. The SMILES string of the molecule is CN(C)CCNC(=O)C1(C)COC(c2nc(-c3ccc(F)cc3)c(-c3ccnc(NCCCN4CC=NC4)n3)[nH]2)OC1. The number of aromatic amines is 1. The van der Waals surface area contributed by atoms with Crippen molar-refractivity contribution in [3.8, 4) is 22.6 Å². The van der Waals surface area contributed by atoms with Gasteiger partial charge in [-0.1, -0.05) is 0 Å². The summed E-state index contributed by atoms with van der Waals surface area (Å²) in [6.07, 6.45) is 3.73. The Labute approximate surface area is 244 Å². The van der Waals surface area contributed by atoms with E-state index < -0.39 is 11.7 Å². The molecule has 4 heterocycles. The molecule has 0 unspecified atom stereocenters. The number of aliphatic imine (C=N–C) groups is 1. The Morgan fingerprint density at radius 2 is 1.95 bits per heavy atom. The molecule has 12 nitrogen and oxygen atoms in total. The number of benzene rings is 1. The number of carbonyl (C=O) groups is 1. The van der Waals surface area contributed by atoms with Gasteiger partial charge in [0.15, 0.2) is 5.82 Å². The maximum absolute atomic E-state index is 13.7. The van der Waals surface area contributed by atoms with Gasteiger partial charge in [0.1, 0.15) is 5.82 Å². The molecule has 3 aromatic rings. The third kappa shape index (κ3) is 7.34. The van der Waals surface area contributed by atoms with E-state index in [0.29, 0.717) is 47.5 Å². The highest BCUT2D eigenvalue weighted by Crippen LogP contribution is 2.35. The lowest BCUT2D eigenvalue weighted by molar-refractivity contribution is -0.231. The van der Waals surface area contributed by atoms with Crippen LogP contribution in [0.5, 0.6) is 0 Å². The van der Waals surface area contributed by atoms with E-state index in [1.807, 2.05) is 32.1 Å². The highest BCUT2D eigenvalue weighted by Gasteiger charge is 2.40. The summed E-state index contributed by atoms with van der Waals surface area (Å²) in [6, 6.07) is 7.90.